The molecule has 2 heterocycles. The van der Waals surface area contributed by atoms with Crippen LogP contribution in [0.15, 0.2) is 12.1 Å². The largest absolute Gasteiger partial charge is 0.390 e. The van der Waals surface area contributed by atoms with Gasteiger partial charge in [0.15, 0.2) is 0 Å². The lowest BCUT2D eigenvalue weighted by molar-refractivity contribution is 0.0344. The summed E-state index contributed by atoms with van der Waals surface area (Å²) >= 11 is 5.95. The molecule has 0 aromatic carbocycles. The summed E-state index contributed by atoms with van der Waals surface area (Å²) in [6.45, 7) is 7.68. The highest BCUT2D eigenvalue weighted by molar-refractivity contribution is 6.31. The van der Waals surface area contributed by atoms with Gasteiger partial charge in [0.25, 0.3) is 0 Å². The van der Waals surface area contributed by atoms with E-state index in [2.05, 4.69) is 14.8 Å². The Labute approximate surface area is 124 Å². The Morgan fingerprint density at radius 1 is 1.25 bits per heavy atom. The number of aliphatic hydroxyl groups excluding tert-OH is 1. The number of piperazine rings is 1. The molecule has 2 rings (SSSR count). The minimum absolute atomic E-state index is 0.147. The molecule has 1 aromatic rings. The lowest BCUT2D eigenvalue weighted by Crippen LogP contribution is -2.50. The maximum absolute atomic E-state index is 9.84. The van der Waals surface area contributed by atoms with E-state index in [0.29, 0.717) is 17.3 Å². The van der Waals surface area contributed by atoms with Crippen molar-refractivity contribution in [1.29, 1.82) is 0 Å². The number of hydrogen-bond acceptors (Lipinski definition) is 5. The van der Waals surface area contributed by atoms with Crippen LogP contribution < -0.4 is 4.90 Å². The van der Waals surface area contributed by atoms with Crippen LogP contribution in [0.3, 0.4) is 0 Å². The summed E-state index contributed by atoms with van der Waals surface area (Å²) in [5.74, 6) is 0.848. The normalized spacial score (nSPS) is 17.6. The van der Waals surface area contributed by atoms with Gasteiger partial charge in [-0.25, -0.2) is 4.98 Å². The molecule has 0 unspecified atom stereocenters. The molecule has 0 atom stereocenters. The van der Waals surface area contributed by atoms with E-state index >= 15 is 0 Å². The van der Waals surface area contributed by atoms with Gasteiger partial charge in [0, 0.05) is 32.7 Å². The molecule has 5 nitrogen and oxygen atoms in total. The van der Waals surface area contributed by atoms with Gasteiger partial charge in [0.1, 0.15) is 5.82 Å². The predicted molar refractivity (Wildman–Crippen MR) is 80.1 cm³/mol. The zero-order chi connectivity index (χ0) is 14.8. The molecule has 20 heavy (non-hydrogen) atoms. The van der Waals surface area contributed by atoms with E-state index in [-0.39, 0.29) is 6.61 Å². The van der Waals surface area contributed by atoms with Gasteiger partial charge < -0.3 is 15.1 Å². The lowest BCUT2D eigenvalue weighted by atomic mass is 10.1. The molecule has 1 aromatic heterocycles. The number of pyridine rings is 1. The average molecular weight is 300 g/mol. The SMILES string of the molecule is CC(C)(O)CN1CCN(c2ccc(Cl)c(CO)n2)CC1. The highest BCUT2D eigenvalue weighted by Crippen LogP contribution is 2.20. The molecule has 0 aliphatic carbocycles. The smallest absolute Gasteiger partial charge is 0.129 e. The van der Waals surface area contributed by atoms with Crippen molar-refractivity contribution in [2.45, 2.75) is 26.1 Å². The molecule has 6 heteroatoms. The van der Waals surface area contributed by atoms with Gasteiger partial charge in [-0.1, -0.05) is 11.6 Å². The lowest BCUT2D eigenvalue weighted by Gasteiger charge is -2.37. The van der Waals surface area contributed by atoms with Crippen LogP contribution in [-0.4, -0.2) is 58.4 Å². The van der Waals surface area contributed by atoms with Crippen LogP contribution in [0.1, 0.15) is 19.5 Å². The van der Waals surface area contributed by atoms with E-state index in [4.69, 9.17) is 11.6 Å². The fourth-order valence-electron chi connectivity index (χ4n) is 2.44. The van der Waals surface area contributed by atoms with E-state index in [1.165, 1.54) is 0 Å². The van der Waals surface area contributed by atoms with E-state index in [9.17, 15) is 10.2 Å². The number of aliphatic hydroxyl groups is 2. The Kier molecular flexibility index (Phi) is 4.86. The molecular formula is C14H22ClN3O2. The Morgan fingerprint density at radius 2 is 1.90 bits per heavy atom. The molecule has 1 aliphatic heterocycles. The number of β-amino-alcohol motifs (C(OH)–C–C–N with tert-alkyl or cyclic N) is 1. The van der Waals surface area contributed by atoms with Gasteiger partial charge in [0.2, 0.25) is 0 Å². The summed E-state index contributed by atoms with van der Waals surface area (Å²) in [4.78, 5) is 8.82. The number of halogens is 1. The summed E-state index contributed by atoms with van der Waals surface area (Å²) in [7, 11) is 0. The first-order valence-electron chi connectivity index (χ1n) is 6.85. The molecule has 112 valence electrons. The number of rotatable bonds is 4. The number of anilines is 1. The molecule has 0 spiro atoms. The van der Waals surface area contributed by atoms with E-state index < -0.39 is 5.60 Å². The minimum atomic E-state index is -0.662. The molecule has 0 radical (unpaired) electrons. The zero-order valence-corrected chi connectivity index (χ0v) is 12.8. The van der Waals surface area contributed by atoms with Crippen molar-refractivity contribution < 1.29 is 10.2 Å². The fraction of sp³-hybridized carbons (Fsp3) is 0.643. The Balaban J connectivity index is 1.97. The van der Waals surface area contributed by atoms with Crippen molar-refractivity contribution in [3.63, 3.8) is 0 Å². The third kappa shape index (κ3) is 4.06. The molecule has 1 saturated heterocycles. The van der Waals surface area contributed by atoms with Crippen molar-refractivity contribution in [3.8, 4) is 0 Å². The quantitative estimate of drug-likeness (QED) is 0.872. The van der Waals surface area contributed by atoms with Crippen LogP contribution >= 0.6 is 11.6 Å². The fourth-order valence-corrected chi connectivity index (χ4v) is 2.61. The topological polar surface area (TPSA) is 59.8 Å². The molecule has 0 bridgehead atoms. The van der Waals surface area contributed by atoms with Crippen molar-refractivity contribution >= 4 is 17.4 Å². The van der Waals surface area contributed by atoms with E-state index in [0.717, 1.165) is 32.0 Å². The summed E-state index contributed by atoms with van der Waals surface area (Å²) in [6, 6.07) is 3.66. The van der Waals surface area contributed by atoms with Crippen molar-refractivity contribution in [3.05, 3.63) is 22.8 Å². The standard InChI is InChI=1S/C14H22ClN3O2/c1-14(2,20)10-17-5-7-18(8-6-17)13-4-3-11(15)12(9-19)16-13/h3-4,19-20H,5-10H2,1-2H3. The third-order valence-corrected chi connectivity index (χ3v) is 3.70. The van der Waals surface area contributed by atoms with Crippen molar-refractivity contribution in [2.75, 3.05) is 37.6 Å². The maximum atomic E-state index is 9.84. The van der Waals surface area contributed by atoms with E-state index in [1.807, 2.05) is 19.9 Å². The van der Waals surface area contributed by atoms with Crippen LogP contribution in [0.2, 0.25) is 5.02 Å². The van der Waals surface area contributed by atoms with E-state index in [1.54, 1.807) is 6.07 Å². The Morgan fingerprint density at radius 3 is 2.45 bits per heavy atom. The second kappa shape index (κ2) is 6.26. The van der Waals surface area contributed by atoms with Crippen LogP contribution in [0.5, 0.6) is 0 Å². The van der Waals surface area contributed by atoms with Crippen LogP contribution in [0, 0.1) is 0 Å². The Hall–Kier alpha value is -0.880. The average Bonchev–Trinajstić information content (AvgIpc) is 2.38. The van der Waals surface area contributed by atoms with Crippen LogP contribution in [0.25, 0.3) is 0 Å². The van der Waals surface area contributed by atoms with Gasteiger partial charge in [0.05, 0.1) is 22.9 Å². The first-order valence-corrected chi connectivity index (χ1v) is 7.23. The molecule has 1 fully saturated rings. The first kappa shape index (κ1) is 15.5. The summed E-state index contributed by atoms with van der Waals surface area (Å²) in [5.41, 5.74) is -0.145. The Bertz CT molecular complexity index is 454. The molecule has 2 N–H and O–H groups in total. The second-order valence-electron chi connectivity index (χ2n) is 5.83. The van der Waals surface area contributed by atoms with Gasteiger partial charge in [-0.2, -0.15) is 0 Å². The zero-order valence-electron chi connectivity index (χ0n) is 12.0. The van der Waals surface area contributed by atoms with Crippen LogP contribution in [0.4, 0.5) is 5.82 Å². The number of aromatic nitrogens is 1. The molecule has 0 saturated carbocycles. The van der Waals surface area contributed by atoms with Gasteiger partial charge in [-0.15, -0.1) is 0 Å². The highest BCUT2D eigenvalue weighted by Gasteiger charge is 2.23. The second-order valence-corrected chi connectivity index (χ2v) is 6.24. The van der Waals surface area contributed by atoms with Gasteiger partial charge >= 0.3 is 0 Å². The molecule has 0 amide bonds. The van der Waals surface area contributed by atoms with Gasteiger partial charge in [-0.3, -0.25) is 4.90 Å². The van der Waals surface area contributed by atoms with Crippen molar-refractivity contribution in [2.24, 2.45) is 0 Å². The van der Waals surface area contributed by atoms with Crippen LogP contribution in [-0.2, 0) is 6.61 Å². The summed E-state index contributed by atoms with van der Waals surface area (Å²) < 4.78 is 0. The number of nitrogens with zero attached hydrogens (tertiary/aromatic N) is 3. The highest BCUT2D eigenvalue weighted by atomic mass is 35.5. The van der Waals surface area contributed by atoms with Crippen molar-refractivity contribution in [1.82, 2.24) is 9.88 Å². The third-order valence-electron chi connectivity index (χ3n) is 3.36. The monoisotopic (exact) mass is 299 g/mol. The summed E-state index contributed by atoms with van der Waals surface area (Å²) in [5, 5.41) is 19.5. The van der Waals surface area contributed by atoms with Gasteiger partial charge in [-0.05, 0) is 26.0 Å². The molecular weight excluding hydrogens is 278 g/mol. The summed E-state index contributed by atoms with van der Waals surface area (Å²) in [6.07, 6.45) is 0. The molecule has 1 aliphatic rings. The first-order chi connectivity index (χ1) is 9.39. The number of hydrogen-bond donors (Lipinski definition) is 2. The predicted octanol–water partition coefficient (Wildman–Crippen LogP) is 1.12. The minimum Gasteiger partial charge on any atom is -0.390 e. The maximum Gasteiger partial charge on any atom is 0.129 e.